The van der Waals surface area contributed by atoms with Crippen molar-refractivity contribution in [2.24, 2.45) is 0 Å². The second-order valence-electron chi connectivity index (χ2n) is 4.94. The van der Waals surface area contributed by atoms with E-state index in [2.05, 4.69) is 24.8 Å². The summed E-state index contributed by atoms with van der Waals surface area (Å²) in [5, 5.41) is 9.83. The number of nitrogens with zero attached hydrogens (tertiary/aromatic N) is 1. The van der Waals surface area contributed by atoms with Gasteiger partial charge in [0.25, 0.3) is 0 Å². The quantitative estimate of drug-likeness (QED) is 0.864. The molecule has 0 saturated carbocycles. The zero-order valence-electron chi connectivity index (χ0n) is 10.9. The van der Waals surface area contributed by atoms with Crippen LogP contribution in [0, 0.1) is 0 Å². The van der Waals surface area contributed by atoms with Gasteiger partial charge in [-0.15, -0.1) is 0 Å². The molecular formula is C15H23NO. The molecule has 1 N–H and O–H groups in total. The maximum atomic E-state index is 9.83. The number of benzene rings is 1. The van der Waals surface area contributed by atoms with E-state index in [1.165, 1.54) is 30.5 Å². The molecule has 94 valence electrons. The van der Waals surface area contributed by atoms with Crippen LogP contribution in [0.4, 0.5) is 0 Å². The number of hydrogen-bond acceptors (Lipinski definition) is 2. The van der Waals surface area contributed by atoms with E-state index in [1.54, 1.807) is 0 Å². The first kappa shape index (κ1) is 12.4. The zero-order valence-corrected chi connectivity index (χ0v) is 10.9. The molecule has 1 aliphatic rings. The van der Waals surface area contributed by atoms with Crippen molar-refractivity contribution in [3.8, 4) is 5.75 Å². The normalized spacial score (nSPS) is 19.4. The molecule has 1 aliphatic carbocycles. The summed E-state index contributed by atoms with van der Waals surface area (Å²) < 4.78 is 0. The van der Waals surface area contributed by atoms with Crippen molar-refractivity contribution < 1.29 is 5.11 Å². The number of rotatable bonds is 4. The van der Waals surface area contributed by atoms with E-state index in [4.69, 9.17) is 0 Å². The van der Waals surface area contributed by atoms with Crippen molar-refractivity contribution >= 4 is 0 Å². The van der Waals surface area contributed by atoms with E-state index in [1.807, 2.05) is 12.1 Å². The summed E-state index contributed by atoms with van der Waals surface area (Å²) in [5.74, 6) is 0.486. The lowest BCUT2D eigenvalue weighted by Crippen LogP contribution is -2.39. The first-order valence-electron chi connectivity index (χ1n) is 6.80. The van der Waals surface area contributed by atoms with Gasteiger partial charge in [0.2, 0.25) is 0 Å². The van der Waals surface area contributed by atoms with Crippen LogP contribution in [-0.2, 0) is 12.8 Å². The van der Waals surface area contributed by atoms with Gasteiger partial charge in [-0.3, -0.25) is 0 Å². The molecule has 0 aromatic heterocycles. The van der Waals surface area contributed by atoms with E-state index >= 15 is 0 Å². The van der Waals surface area contributed by atoms with Gasteiger partial charge in [0.15, 0.2) is 0 Å². The summed E-state index contributed by atoms with van der Waals surface area (Å²) in [6.45, 7) is 6.81. The van der Waals surface area contributed by atoms with E-state index < -0.39 is 0 Å². The Hall–Kier alpha value is -1.02. The Labute approximate surface area is 104 Å². The van der Waals surface area contributed by atoms with Crippen molar-refractivity contribution in [2.45, 2.75) is 45.6 Å². The van der Waals surface area contributed by atoms with Gasteiger partial charge in [0.05, 0.1) is 0 Å². The molecule has 0 heterocycles. The number of phenolic OH excluding ortho intramolecular Hbond substituents is 1. The first-order valence-corrected chi connectivity index (χ1v) is 6.80. The largest absolute Gasteiger partial charge is 0.508 e. The van der Waals surface area contributed by atoms with Crippen LogP contribution in [0.5, 0.6) is 5.75 Å². The molecule has 17 heavy (non-hydrogen) atoms. The molecule has 1 aromatic carbocycles. The highest BCUT2D eigenvalue weighted by Crippen LogP contribution is 2.30. The third-order valence-electron chi connectivity index (χ3n) is 3.86. The SMILES string of the molecule is CCCN(CC)C1CCc2c(O)cccc2C1. The predicted molar refractivity (Wildman–Crippen MR) is 71.5 cm³/mol. The molecule has 0 bridgehead atoms. The average molecular weight is 233 g/mol. The minimum Gasteiger partial charge on any atom is -0.508 e. The lowest BCUT2D eigenvalue weighted by atomic mass is 9.87. The summed E-state index contributed by atoms with van der Waals surface area (Å²) in [7, 11) is 0. The minimum absolute atomic E-state index is 0.486. The van der Waals surface area contributed by atoms with Crippen molar-refractivity contribution in [3.63, 3.8) is 0 Å². The standard InChI is InChI=1S/C15H23NO/c1-3-10-16(4-2)13-8-9-14-12(11-13)6-5-7-15(14)17/h5-7,13,17H,3-4,8-11H2,1-2H3. The smallest absolute Gasteiger partial charge is 0.119 e. The molecule has 1 unspecified atom stereocenters. The van der Waals surface area contributed by atoms with Crippen LogP contribution in [-0.4, -0.2) is 29.1 Å². The van der Waals surface area contributed by atoms with Crippen LogP contribution in [0.25, 0.3) is 0 Å². The van der Waals surface area contributed by atoms with Gasteiger partial charge in [-0.05, 0) is 56.0 Å². The fraction of sp³-hybridized carbons (Fsp3) is 0.600. The second-order valence-corrected chi connectivity index (χ2v) is 4.94. The Bertz CT molecular complexity index is 375. The topological polar surface area (TPSA) is 23.5 Å². The highest BCUT2D eigenvalue weighted by atomic mass is 16.3. The number of phenols is 1. The van der Waals surface area contributed by atoms with E-state index in [-0.39, 0.29) is 0 Å². The predicted octanol–water partition coefficient (Wildman–Crippen LogP) is 2.98. The van der Waals surface area contributed by atoms with Crippen molar-refractivity contribution in [1.82, 2.24) is 4.90 Å². The molecule has 0 radical (unpaired) electrons. The van der Waals surface area contributed by atoms with Crippen LogP contribution in [0.1, 0.15) is 37.8 Å². The number of likely N-dealkylation sites (N-methyl/N-ethyl adjacent to an activating group) is 1. The minimum atomic E-state index is 0.486. The molecular weight excluding hydrogens is 210 g/mol. The Kier molecular flexibility index (Phi) is 4.06. The van der Waals surface area contributed by atoms with Gasteiger partial charge < -0.3 is 10.0 Å². The van der Waals surface area contributed by atoms with Gasteiger partial charge >= 0.3 is 0 Å². The van der Waals surface area contributed by atoms with Crippen molar-refractivity contribution in [3.05, 3.63) is 29.3 Å². The Morgan fingerprint density at radius 2 is 2.18 bits per heavy atom. The fourth-order valence-corrected chi connectivity index (χ4v) is 2.97. The maximum absolute atomic E-state index is 9.83. The molecule has 0 amide bonds. The third kappa shape index (κ3) is 2.63. The lowest BCUT2D eigenvalue weighted by Gasteiger charge is -2.34. The fourth-order valence-electron chi connectivity index (χ4n) is 2.97. The van der Waals surface area contributed by atoms with Gasteiger partial charge in [-0.25, -0.2) is 0 Å². The van der Waals surface area contributed by atoms with Gasteiger partial charge in [-0.1, -0.05) is 26.0 Å². The average Bonchev–Trinajstić information content (AvgIpc) is 2.36. The summed E-state index contributed by atoms with van der Waals surface area (Å²) in [4.78, 5) is 2.58. The monoisotopic (exact) mass is 233 g/mol. The van der Waals surface area contributed by atoms with Crippen molar-refractivity contribution in [1.29, 1.82) is 0 Å². The van der Waals surface area contributed by atoms with E-state index in [0.29, 0.717) is 11.8 Å². The molecule has 0 aliphatic heterocycles. The van der Waals surface area contributed by atoms with E-state index in [0.717, 1.165) is 19.4 Å². The Morgan fingerprint density at radius 3 is 2.88 bits per heavy atom. The van der Waals surface area contributed by atoms with Gasteiger partial charge in [-0.2, -0.15) is 0 Å². The Balaban J connectivity index is 2.12. The number of fused-ring (bicyclic) bond motifs is 1. The highest BCUT2D eigenvalue weighted by Gasteiger charge is 2.24. The zero-order chi connectivity index (χ0) is 12.3. The maximum Gasteiger partial charge on any atom is 0.119 e. The lowest BCUT2D eigenvalue weighted by molar-refractivity contribution is 0.188. The second kappa shape index (κ2) is 5.54. The molecule has 2 nitrogen and oxygen atoms in total. The van der Waals surface area contributed by atoms with Crippen LogP contribution in [0.15, 0.2) is 18.2 Å². The summed E-state index contributed by atoms with van der Waals surface area (Å²) in [6.07, 6.45) is 4.51. The summed E-state index contributed by atoms with van der Waals surface area (Å²) >= 11 is 0. The molecule has 2 heteroatoms. The molecule has 1 aromatic rings. The van der Waals surface area contributed by atoms with Crippen LogP contribution in [0.2, 0.25) is 0 Å². The molecule has 2 rings (SSSR count). The molecule has 0 spiro atoms. The van der Waals surface area contributed by atoms with Gasteiger partial charge in [0.1, 0.15) is 5.75 Å². The van der Waals surface area contributed by atoms with Gasteiger partial charge in [0, 0.05) is 6.04 Å². The third-order valence-corrected chi connectivity index (χ3v) is 3.86. The molecule has 0 fully saturated rings. The van der Waals surface area contributed by atoms with Crippen LogP contribution < -0.4 is 0 Å². The van der Waals surface area contributed by atoms with Crippen LogP contribution in [0.3, 0.4) is 0 Å². The summed E-state index contributed by atoms with van der Waals surface area (Å²) in [5.41, 5.74) is 2.52. The molecule has 0 saturated heterocycles. The first-order chi connectivity index (χ1) is 8.26. The van der Waals surface area contributed by atoms with Crippen molar-refractivity contribution in [2.75, 3.05) is 13.1 Å². The van der Waals surface area contributed by atoms with Crippen LogP contribution >= 0.6 is 0 Å². The summed E-state index contributed by atoms with van der Waals surface area (Å²) in [6, 6.07) is 6.60. The number of hydrogen-bond donors (Lipinski definition) is 1. The van der Waals surface area contributed by atoms with E-state index in [9.17, 15) is 5.11 Å². The molecule has 1 atom stereocenters. The number of aromatic hydroxyl groups is 1. The Morgan fingerprint density at radius 1 is 1.35 bits per heavy atom. The highest BCUT2D eigenvalue weighted by molar-refractivity contribution is 5.41.